The van der Waals surface area contributed by atoms with Crippen LogP contribution in [0.3, 0.4) is 0 Å². The molecule has 8 nitrogen and oxygen atoms in total. The number of rotatable bonds is 49. The van der Waals surface area contributed by atoms with E-state index >= 15 is 0 Å². The zero-order valence-electron chi connectivity index (χ0n) is 39.9. The first-order valence-corrected chi connectivity index (χ1v) is 27.4. The van der Waals surface area contributed by atoms with Crippen LogP contribution in [-0.2, 0) is 32.7 Å². The minimum absolute atomic E-state index is 0.218. The lowest BCUT2D eigenvalue weighted by atomic mass is 10.0. The number of phosphoric ester groups is 1. The Morgan fingerprint density at radius 3 is 1.08 bits per heavy atom. The number of unbranched alkanes of at least 4 members (excludes halogenated alkanes) is 36. The van der Waals surface area contributed by atoms with Gasteiger partial charge in [-0.05, 0) is 38.5 Å². The molecule has 2 atom stereocenters. The molecule has 0 spiro atoms. The topological polar surface area (TPSA) is 108 Å². The van der Waals surface area contributed by atoms with E-state index in [1.54, 1.807) is 0 Å². The quantitative estimate of drug-likeness (QED) is 0.0279. The maximum absolute atomic E-state index is 12.6. The van der Waals surface area contributed by atoms with E-state index in [0.29, 0.717) is 6.42 Å². The molecule has 1 N–H and O–H groups in total. The second kappa shape index (κ2) is 47.3. The number of ether oxygens (including phenoxy) is 2. The van der Waals surface area contributed by atoms with Gasteiger partial charge in [-0.25, -0.2) is 4.57 Å². The molecule has 0 heterocycles. The molecule has 0 aromatic rings. The molecule has 0 fully saturated rings. The minimum atomic E-state index is -4.26. The summed E-state index contributed by atoms with van der Waals surface area (Å²) in [6, 6.07) is 0. The summed E-state index contributed by atoms with van der Waals surface area (Å²) in [4.78, 5) is 34.7. The highest BCUT2D eigenvalue weighted by molar-refractivity contribution is 7.47. The Hall–Kier alpha value is -1.21. The number of phosphoric acid groups is 1. The normalized spacial score (nSPS) is 13.2. The summed E-state index contributed by atoms with van der Waals surface area (Å²) in [5.74, 6) is -0.786. The van der Waals surface area contributed by atoms with Crippen molar-refractivity contribution in [3.05, 3.63) is 12.2 Å². The molecule has 0 saturated heterocycles. The average molecular weight is 871 g/mol. The summed E-state index contributed by atoms with van der Waals surface area (Å²) in [5.41, 5.74) is 0. The molecule has 356 valence electrons. The van der Waals surface area contributed by atoms with Crippen LogP contribution in [0.4, 0.5) is 0 Å². The Bertz CT molecular complexity index is 988. The smallest absolute Gasteiger partial charge is 0.462 e. The highest BCUT2D eigenvalue weighted by Crippen LogP contribution is 2.42. The van der Waals surface area contributed by atoms with Crippen LogP contribution in [0, 0.1) is 0 Å². The Labute approximate surface area is 371 Å². The van der Waals surface area contributed by atoms with E-state index in [-0.39, 0.29) is 19.0 Å². The van der Waals surface area contributed by atoms with Crippen molar-refractivity contribution in [1.29, 1.82) is 0 Å². The number of carbonyl (C=O) groups is 2. The van der Waals surface area contributed by atoms with E-state index in [9.17, 15) is 19.0 Å². The minimum Gasteiger partial charge on any atom is -0.462 e. The van der Waals surface area contributed by atoms with Crippen LogP contribution >= 0.6 is 7.82 Å². The van der Waals surface area contributed by atoms with Gasteiger partial charge in [0.05, 0.1) is 6.61 Å². The maximum Gasteiger partial charge on any atom is 0.472 e. The molecule has 2 unspecified atom stereocenters. The van der Waals surface area contributed by atoms with Gasteiger partial charge >= 0.3 is 19.8 Å². The molecule has 0 rings (SSSR count). The predicted molar refractivity (Wildman–Crippen MR) is 253 cm³/mol. The molecule has 0 bridgehead atoms. The number of hydrogen-bond donors (Lipinski definition) is 1. The van der Waals surface area contributed by atoms with Gasteiger partial charge in [0.2, 0.25) is 0 Å². The van der Waals surface area contributed by atoms with Gasteiger partial charge < -0.3 is 14.4 Å². The summed E-state index contributed by atoms with van der Waals surface area (Å²) < 4.78 is 32.2. The van der Waals surface area contributed by atoms with E-state index in [2.05, 4.69) is 30.5 Å². The van der Waals surface area contributed by atoms with Gasteiger partial charge in [-0.1, -0.05) is 238 Å². The van der Waals surface area contributed by atoms with Gasteiger partial charge in [0.25, 0.3) is 0 Å². The maximum atomic E-state index is 12.6. The third-order valence-corrected chi connectivity index (χ3v) is 12.7. The molecule has 9 heteroatoms. The Morgan fingerprint density at radius 2 is 0.750 bits per heavy atom. The third-order valence-electron chi connectivity index (χ3n) is 11.8. The Morgan fingerprint density at radius 1 is 0.450 bits per heavy atom. The van der Waals surface area contributed by atoms with Crippen LogP contribution in [0.15, 0.2) is 12.2 Å². The highest BCUT2D eigenvalue weighted by atomic mass is 31.2. The SMILES string of the molecule is CCCCCCCCCC/C=C\CCCCCCCCCCCCCC(=O)OC(COC(=O)CCCCCCCCCCCCCCCCCCCC)COP(=O)(O)OC. The van der Waals surface area contributed by atoms with Crippen molar-refractivity contribution in [1.82, 2.24) is 0 Å². The molecule has 0 saturated carbocycles. The van der Waals surface area contributed by atoms with E-state index in [4.69, 9.17) is 14.0 Å². The first-order valence-electron chi connectivity index (χ1n) is 25.9. The Balaban J connectivity index is 3.85. The molecule has 0 aliphatic heterocycles. The fraction of sp³-hybridized carbons (Fsp3) is 0.922. The van der Waals surface area contributed by atoms with Gasteiger partial charge in [-0.3, -0.25) is 18.6 Å². The second-order valence-electron chi connectivity index (χ2n) is 17.7. The van der Waals surface area contributed by atoms with Crippen LogP contribution < -0.4 is 0 Å². The molecule has 0 aromatic heterocycles. The zero-order valence-corrected chi connectivity index (χ0v) is 40.8. The summed E-state index contributed by atoms with van der Waals surface area (Å²) in [5, 5.41) is 0. The van der Waals surface area contributed by atoms with Crippen molar-refractivity contribution in [2.75, 3.05) is 20.3 Å². The largest absolute Gasteiger partial charge is 0.472 e. The molecule has 0 aliphatic rings. The first kappa shape index (κ1) is 58.8. The van der Waals surface area contributed by atoms with Crippen molar-refractivity contribution >= 4 is 19.8 Å². The molecule has 0 aromatic carbocycles. The monoisotopic (exact) mass is 871 g/mol. The molecular formula is C51H99O8P. The van der Waals surface area contributed by atoms with Crippen LogP contribution in [0.25, 0.3) is 0 Å². The lowest BCUT2D eigenvalue weighted by Crippen LogP contribution is -2.29. The fourth-order valence-corrected chi connectivity index (χ4v) is 8.23. The van der Waals surface area contributed by atoms with E-state index in [0.717, 1.165) is 45.6 Å². The lowest BCUT2D eigenvalue weighted by molar-refractivity contribution is -0.161. The number of esters is 2. The van der Waals surface area contributed by atoms with Gasteiger partial charge in [-0.15, -0.1) is 0 Å². The molecular weight excluding hydrogens is 772 g/mol. The van der Waals surface area contributed by atoms with Crippen LogP contribution in [0.2, 0.25) is 0 Å². The first-order chi connectivity index (χ1) is 29.3. The lowest BCUT2D eigenvalue weighted by Gasteiger charge is -2.19. The number of allylic oxidation sites excluding steroid dienone is 2. The van der Waals surface area contributed by atoms with Crippen molar-refractivity contribution in [2.45, 2.75) is 283 Å². The van der Waals surface area contributed by atoms with Gasteiger partial charge in [-0.2, -0.15) is 0 Å². The summed E-state index contributed by atoms with van der Waals surface area (Å²) in [6.07, 6.45) is 54.2. The number of carbonyl (C=O) groups excluding carboxylic acids is 2. The van der Waals surface area contributed by atoms with E-state index in [1.807, 2.05) is 0 Å². The summed E-state index contributed by atoms with van der Waals surface area (Å²) in [7, 11) is -3.19. The number of hydrogen-bond acceptors (Lipinski definition) is 7. The van der Waals surface area contributed by atoms with Crippen LogP contribution in [-0.4, -0.2) is 43.3 Å². The standard InChI is InChI=1S/C51H99O8P/c1-4-6-8-10-12-14-16-18-20-22-24-25-26-27-28-30-32-34-36-38-40-42-44-46-51(53)59-49(48-58-60(54,55)56-3)47-57-50(52)45-43-41-39-37-35-33-31-29-23-21-19-17-15-13-11-9-7-5-2/h22,24,49H,4-21,23,25-48H2,1-3H3,(H,54,55)/b24-22-. The predicted octanol–water partition coefficient (Wildman–Crippen LogP) is 16.8. The molecule has 0 radical (unpaired) electrons. The van der Waals surface area contributed by atoms with Crippen molar-refractivity contribution in [2.24, 2.45) is 0 Å². The Kier molecular flexibility index (Phi) is 46.3. The zero-order chi connectivity index (χ0) is 43.9. The molecule has 60 heavy (non-hydrogen) atoms. The average Bonchev–Trinajstić information content (AvgIpc) is 3.24. The summed E-state index contributed by atoms with van der Waals surface area (Å²) in [6.45, 7) is 3.94. The molecule has 0 amide bonds. The second-order valence-corrected chi connectivity index (χ2v) is 19.2. The van der Waals surface area contributed by atoms with Crippen molar-refractivity contribution in [3.63, 3.8) is 0 Å². The van der Waals surface area contributed by atoms with Crippen LogP contribution in [0.1, 0.15) is 277 Å². The highest BCUT2D eigenvalue weighted by Gasteiger charge is 2.24. The van der Waals surface area contributed by atoms with Crippen molar-refractivity contribution < 1.29 is 37.6 Å². The van der Waals surface area contributed by atoms with E-state index < -0.39 is 26.5 Å². The van der Waals surface area contributed by atoms with Gasteiger partial charge in [0.1, 0.15) is 6.61 Å². The third kappa shape index (κ3) is 46.3. The van der Waals surface area contributed by atoms with Gasteiger partial charge in [0.15, 0.2) is 6.10 Å². The van der Waals surface area contributed by atoms with Gasteiger partial charge in [0, 0.05) is 20.0 Å². The fourth-order valence-electron chi connectivity index (χ4n) is 7.77. The molecule has 0 aliphatic carbocycles. The van der Waals surface area contributed by atoms with Crippen LogP contribution in [0.5, 0.6) is 0 Å². The summed E-state index contributed by atoms with van der Waals surface area (Å²) >= 11 is 0. The van der Waals surface area contributed by atoms with E-state index in [1.165, 1.54) is 212 Å². The van der Waals surface area contributed by atoms with Crippen molar-refractivity contribution in [3.8, 4) is 0 Å².